The third kappa shape index (κ3) is 8.54. The molecule has 4 aliphatic rings. The van der Waals surface area contributed by atoms with Crippen molar-refractivity contribution < 1.29 is 43.2 Å². The molecule has 13 nitrogen and oxygen atoms in total. The van der Waals surface area contributed by atoms with Crippen LogP contribution in [0, 0.1) is 17.8 Å². The number of rotatable bonds is 20. The molecule has 13 heteroatoms. The Kier molecular flexibility index (Phi) is 14.2. The van der Waals surface area contributed by atoms with Crippen molar-refractivity contribution in [1.29, 1.82) is 0 Å². The number of amides is 3. The van der Waals surface area contributed by atoms with Gasteiger partial charge in [0.1, 0.15) is 17.7 Å². The number of carbonyl (C=O) groups excluding carboxylic acids is 4. The molecule has 4 saturated heterocycles. The van der Waals surface area contributed by atoms with Crippen molar-refractivity contribution in [1.82, 2.24) is 20.0 Å². The second-order valence-electron chi connectivity index (χ2n) is 14.7. The topological polar surface area (TPSA) is 147 Å². The molecule has 292 valence electrons. The SMILES string of the molecule is C=CCCC(=O)N[C@@H](COC)[C@@H](OC(=O)[C@@H]1[C@@H]2CC[C@]3(O2)[C@H](C(=O)N(CC=C)CCN2CCOCC2)N([C@@H](CO)[C@@H](C)CC)C(=O)[C@@H]13)c1ccccc1. The Morgan fingerprint density at radius 3 is 2.55 bits per heavy atom. The van der Waals surface area contributed by atoms with Crippen molar-refractivity contribution in [3.05, 3.63) is 61.2 Å². The Morgan fingerprint density at radius 1 is 1.17 bits per heavy atom. The number of esters is 1. The summed E-state index contributed by atoms with van der Waals surface area (Å²) in [7, 11) is 1.51. The summed E-state index contributed by atoms with van der Waals surface area (Å²) in [5.41, 5.74) is -0.634. The molecule has 0 radical (unpaired) electrons. The van der Waals surface area contributed by atoms with Gasteiger partial charge < -0.3 is 39.2 Å². The van der Waals surface area contributed by atoms with Crippen LogP contribution in [0.1, 0.15) is 57.6 Å². The number of allylic oxidation sites excluding steroid dienone is 1. The maximum absolute atomic E-state index is 14.9. The predicted octanol–water partition coefficient (Wildman–Crippen LogP) is 2.50. The predicted molar refractivity (Wildman–Crippen MR) is 197 cm³/mol. The van der Waals surface area contributed by atoms with Crippen molar-refractivity contribution >= 4 is 23.7 Å². The van der Waals surface area contributed by atoms with Crippen molar-refractivity contribution in [2.45, 2.75) is 81.9 Å². The standard InChI is InChI=1S/C40H58N4O9/c1-6-9-15-32(46)41-29(26-50-5)35(28-13-11-10-12-14-28)52-39(49)33-31-16-17-40(53-31)34(33)37(47)44(30(25-45)27(4)8-3)36(40)38(48)43(18-7-2)20-19-42-21-23-51-24-22-42/h6-7,10-14,27,29-31,33-36,45H,1-2,8-9,15-26H2,3-5H3,(H,41,46)/t27-,29-,30-,31-,33+,34+,35-,36-,40+/m0/s1. The van der Waals surface area contributed by atoms with E-state index in [2.05, 4.69) is 23.4 Å². The van der Waals surface area contributed by atoms with Gasteiger partial charge in [0.05, 0.1) is 56.5 Å². The number of hydrogen-bond acceptors (Lipinski definition) is 10. The fourth-order valence-corrected chi connectivity index (χ4v) is 8.64. The highest BCUT2D eigenvalue weighted by molar-refractivity contribution is 5.98. The molecule has 9 atom stereocenters. The number of fused-ring (bicyclic) bond motifs is 1. The van der Waals surface area contributed by atoms with Gasteiger partial charge in [-0.1, -0.05) is 62.8 Å². The molecule has 0 unspecified atom stereocenters. The largest absolute Gasteiger partial charge is 0.455 e. The van der Waals surface area contributed by atoms with E-state index in [9.17, 15) is 24.3 Å². The van der Waals surface area contributed by atoms with Crippen molar-refractivity contribution in [2.75, 3.05) is 66.3 Å². The summed E-state index contributed by atoms with van der Waals surface area (Å²) < 4.78 is 24.1. The number of nitrogens with zero attached hydrogens (tertiary/aromatic N) is 3. The van der Waals surface area contributed by atoms with Gasteiger partial charge in [-0.25, -0.2) is 0 Å². The minimum Gasteiger partial charge on any atom is -0.455 e. The molecule has 0 aromatic heterocycles. The number of methoxy groups -OCH3 is 1. The van der Waals surface area contributed by atoms with E-state index in [1.165, 1.54) is 12.0 Å². The first-order valence-electron chi connectivity index (χ1n) is 19.1. The number of nitrogens with one attached hydrogen (secondary N) is 1. The Morgan fingerprint density at radius 2 is 1.91 bits per heavy atom. The summed E-state index contributed by atoms with van der Waals surface area (Å²) in [6.07, 6.45) is 3.96. The third-order valence-electron chi connectivity index (χ3n) is 11.5. The fourth-order valence-electron chi connectivity index (χ4n) is 8.64. The number of carbonyl (C=O) groups is 4. The fraction of sp³-hybridized carbons (Fsp3) is 0.650. The van der Waals surface area contributed by atoms with E-state index in [1.807, 2.05) is 44.2 Å². The van der Waals surface area contributed by atoms with Crippen LogP contribution >= 0.6 is 0 Å². The summed E-state index contributed by atoms with van der Waals surface area (Å²) in [4.78, 5) is 62.8. The normalized spacial score (nSPS) is 27.4. The van der Waals surface area contributed by atoms with E-state index >= 15 is 0 Å². The van der Waals surface area contributed by atoms with Gasteiger partial charge in [0, 0.05) is 46.3 Å². The van der Waals surface area contributed by atoms with E-state index in [0.717, 1.165) is 13.1 Å². The molecule has 1 spiro atoms. The second-order valence-corrected chi connectivity index (χ2v) is 14.7. The highest BCUT2D eigenvalue weighted by atomic mass is 16.6. The van der Waals surface area contributed by atoms with Crippen LogP contribution in [0.3, 0.4) is 0 Å². The average Bonchev–Trinajstić information content (AvgIpc) is 3.82. The first-order chi connectivity index (χ1) is 25.6. The van der Waals surface area contributed by atoms with E-state index in [-0.39, 0.29) is 49.8 Å². The summed E-state index contributed by atoms with van der Waals surface area (Å²) in [6, 6.07) is 6.67. The molecule has 4 aliphatic heterocycles. The maximum atomic E-state index is 14.9. The van der Waals surface area contributed by atoms with Gasteiger partial charge in [-0.3, -0.25) is 24.1 Å². The number of hydrogen-bond donors (Lipinski definition) is 2. The number of morpholine rings is 1. The molecule has 0 saturated carbocycles. The molecule has 1 aromatic rings. The number of aliphatic hydroxyl groups is 1. The number of likely N-dealkylation sites (tertiary alicyclic amines) is 1. The zero-order chi connectivity index (χ0) is 38.1. The van der Waals surface area contributed by atoms with Gasteiger partial charge in [-0.15, -0.1) is 13.2 Å². The second kappa shape index (κ2) is 18.6. The van der Waals surface area contributed by atoms with Crippen LogP contribution in [0.4, 0.5) is 0 Å². The van der Waals surface area contributed by atoms with Crippen LogP contribution in [0.2, 0.25) is 0 Å². The summed E-state index contributed by atoms with van der Waals surface area (Å²) in [5, 5.41) is 13.7. The highest BCUT2D eigenvalue weighted by Crippen LogP contribution is 2.59. The minimum atomic E-state index is -1.28. The monoisotopic (exact) mass is 738 g/mol. The smallest absolute Gasteiger partial charge is 0.313 e. The molecular weight excluding hydrogens is 680 g/mol. The van der Waals surface area contributed by atoms with Crippen LogP contribution in [-0.2, 0) is 38.1 Å². The summed E-state index contributed by atoms with van der Waals surface area (Å²) in [6.45, 7) is 15.3. The number of aliphatic hydroxyl groups excluding tert-OH is 1. The van der Waals surface area contributed by atoms with Gasteiger partial charge in [-0.05, 0) is 30.7 Å². The summed E-state index contributed by atoms with van der Waals surface area (Å²) >= 11 is 0. The quantitative estimate of drug-likeness (QED) is 0.151. The molecule has 4 heterocycles. The molecule has 1 aromatic carbocycles. The van der Waals surface area contributed by atoms with Gasteiger partial charge >= 0.3 is 5.97 Å². The van der Waals surface area contributed by atoms with Crippen LogP contribution in [0.5, 0.6) is 0 Å². The third-order valence-corrected chi connectivity index (χ3v) is 11.5. The first-order valence-corrected chi connectivity index (χ1v) is 19.1. The Balaban J connectivity index is 1.48. The number of benzene rings is 1. The van der Waals surface area contributed by atoms with Crippen LogP contribution < -0.4 is 5.32 Å². The molecule has 2 N–H and O–H groups in total. The lowest BCUT2D eigenvalue weighted by Gasteiger charge is -2.41. The van der Waals surface area contributed by atoms with E-state index in [4.69, 9.17) is 18.9 Å². The number of ether oxygens (including phenoxy) is 4. The molecule has 5 rings (SSSR count). The molecular formula is C40H58N4O9. The molecule has 4 fully saturated rings. The lowest BCUT2D eigenvalue weighted by atomic mass is 9.70. The van der Waals surface area contributed by atoms with Crippen LogP contribution in [0.15, 0.2) is 55.6 Å². The zero-order valence-corrected chi connectivity index (χ0v) is 31.5. The average molecular weight is 739 g/mol. The van der Waals surface area contributed by atoms with Gasteiger partial charge in [-0.2, -0.15) is 0 Å². The van der Waals surface area contributed by atoms with Crippen molar-refractivity contribution in [3.63, 3.8) is 0 Å². The maximum Gasteiger partial charge on any atom is 0.313 e. The Labute approximate surface area is 313 Å². The first kappa shape index (κ1) is 40.6. The lowest BCUT2D eigenvalue weighted by molar-refractivity contribution is -0.164. The van der Waals surface area contributed by atoms with Crippen molar-refractivity contribution in [3.8, 4) is 0 Å². The van der Waals surface area contributed by atoms with Crippen LogP contribution in [0.25, 0.3) is 0 Å². The minimum absolute atomic E-state index is 0.0601. The van der Waals surface area contributed by atoms with E-state index in [1.54, 1.807) is 17.1 Å². The van der Waals surface area contributed by atoms with Gasteiger partial charge in [0.25, 0.3) is 0 Å². The van der Waals surface area contributed by atoms with E-state index < -0.39 is 53.7 Å². The molecule has 0 aliphatic carbocycles. The van der Waals surface area contributed by atoms with Gasteiger partial charge in [0.2, 0.25) is 17.7 Å². The molecule has 53 heavy (non-hydrogen) atoms. The van der Waals surface area contributed by atoms with Gasteiger partial charge in [0.15, 0.2) is 0 Å². The Bertz CT molecular complexity index is 1440. The lowest BCUT2D eigenvalue weighted by Crippen LogP contribution is -2.60. The zero-order valence-electron chi connectivity index (χ0n) is 31.5. The van der Waals surface area contributed by atoms with Crippen molar-refractivity contribution in [2.24, 2.45) is 17.8 Å². The Hall–Kier alpha value is -3.62. The van der Waals surface area contributed by atoms with Crippen LogP contribution in [-0.4, -0.2) is 140 Å². The summed E-state index contributed by atoms with van der Waals surface area (Å²) in [5.74, 6) is -3.69. The molecule has 2 bridgehead atoms. The highest BCUT2D eigenvalue weighted by Gasteiger charge is 2.76. The van der Waals surface area contributed by atoms with E-state index in [0.29, 0.717) is 57.6 Å². The molecule has 3 amide bonds.